The molecular formula is C22H22ClN3O2S. The SMILES string of the molecule is COc1ccccc1N1CCN(C(=O)c2sc(-c3cccc(Cl)c3)nc2C)CC1. The molecule has 2 aromatic carbocycles. The Morgan fingerprint density at radius 2 is 1.86 bits per heavy atom. The number of halogens is 1. The van der Waals surface area contributed by atoms with Crippen molar-refractivity contribution in [3.63, 3.8) is 0 Å². The number of aryl methyl sites for hydroxylation is 1. The predicted molar refractivity (Wildman–Crippen MR) is 118 cm³/mol. The van der Waals surface area contributed by atoms with Crippen LogP contribution in [0.15, 0.2) is 48.5 Å². The molecule has 0 saturated carbocycles. The molecule has 0 N–H and O–H groups in total. The number of para-hydroxylation sites is 2. The topological polar surface area (TPSA) is 45.7 Å². The van der Waals surface area contributed by atoms with E-state index in [9.17, 15) is 4.79 Å². The standard InChI is InChI=1S/C22H22ClN3O2S/c1-15-20(29-21(24-15)16-6-5-7-17(23)14-16)22(27)26-12-10-25(11-13-26)18-8-3-4-9-19(18)28-2/h3-9,14H,10-13H2,1-2H3. The second-order valence-corrected chi connectivity index (χ2v) is 8.33. The molecule has 4 rings (SSSR count). The number of piperazine rings is 1. The maximum atomic E-state index is 13.1. The predicted octanol–water partition coefficient (Wildman–Crippen LogP) is 4.74. The minimum atomic E-state index is 0.0490. The summed E-state index contributed by atoms with van der Waals surface area (Å²) in [4.78, 5) is 22.6. The molecule has 0 unspecified atom stereocenters. The molecule has 150 valence electrons. The number of aromatic nitrogens is 1. The minimum Gasteiger partial charge on any atom is -0.495 e. The van der Waals surface area contributed by atoms with Gasteiger partial charge in [-0.15, -0.1) is 11.3 Å². The van der Waals surface area contributed by atoms with Crippen LogP contribution in [0.1, 0.15) is 15.4 Å². The second-order valence-electron chi connectivity index (χ2n) is 6.89. The summed E-state index contributed by atoms with van der Waals surface area (Å²) in [6.07, 6.45) is 0. The Labute approximate surface area is 179 Å². The Morgan fingerprint density at radius 1 is 1.10 bits per heavy atom. The van der Waals surface area contributed by atoms with Crippen molar-refractivity contribution in [1.82, 2.24) is 9.88 Å². The number of nitrogens with zero attached hydrogens (tertiary/aromatic N) is 3. The first kappa shape index (κ1) is 19.7. The van der Waals surface area contributed by atoms with Gasteiger partial charge >= 0.3 is 0 Å². The number of hydrogen-bond acceptors (Lipinski definition) is 5. The Morgan fingerprint density at radius 3 is 2.59 bits per heavy atom. The molecule has 1 fully saturated rings. The molecule has 0 bridgehead atoms. The first-order valence-corrected chi connectivity index (χ1v) is 10.7. The highest BCUT2D eigenvalue weighted by Crippen LogP contribution is 2.32. The Kier molecular flexibility index (Phi) is 5.74. The summed E-state index contributed by atoms with van der Waals surface area (Å²) >= 11 is 7.53. The molecule has 2 heterocycles. The van der Waals surface area contributed by atoms with E-state index < -0.39 is 0 Å². The van der Waals surface area contributed by atoms with Gasteiger partial charge in [-0.2, -0.15) is 0 Å². The summed E-state index contributed by atoms with van der Waals surface area (Å²) in [5, 5.41) is 1.48. The number of rotatable bonds is 4. The molecule has 0 aliphatic carbocycles. The van der Waals surface area contributed by atoms with E-state index in [1.54, 1.807) is 7.11 Å². The van der Waals surface area contributed by atoms with Crippen LogP contribution in [0.5, 0.6) is 5.75 Å². The van der Waals surface area contributed by atoms with Gasteiger partial charge < -0.3 is 14.5 Å². The van der Waals surface area contributed by atoms with E-state index in [2.05, 4.69) is 16.0 Å². The fourth-order valence-electron chi connectivity index (χ4n) is 3.52. The minimum absolute atomic E-state index is 0.0490. The summed E-state index contributed by atoms with van der Waals surface area (Å²) in [5.41, 5.74) is 2.77. The molecule has 1 aromatic heterocycles. The van der Waals surface area contributed by atoms with Crippen molar-refractivity contribution in [2.75, 3.05) is 38.2 Å². The van der Waals surface area contributed by atoms with E-state index in [0.29, 0.717) is 23.0 Å². The van der Waals surface area contributed by atoms with Crippen LogP contribution in [0.4, 0.5) is 5.69 Å². The van der Waals surface area contributed by atoms with E-state index in [-0.39, 0.29) is 5.91 Å². The number of hydrogen-bond donors (Lipinski definition) is 0. The maximum Gasteiger partial charge on any atom is 0.265 e. The number of thiazole rings is 1. The Bertz CT molecular complexity index is 1030. The van der Waals surface area contributed by atoms with Gasteiger partial charge in [0.05, 0.1) is 18.5 Å². The molecular weight excluding hydrogens is 406 g/mol. The van der Waals surface area contributed by atoms with Gasteiger partial charge in [-0.05, 0) is 31.2 Å². The molecule has 1 aliphatic rings. The van der Waals surface area contributed by atoms with Crippen LogP contribution in [0.25, 0.3) is 10.6 Å². The first-order chi connectivity index (χ1) is 14.1. The molecule has 0 radical (unpaired) electrons. The number of carbonyl (C=O) groups is 1. The van der Waals surface area contributed by atoms with Crippen LogP contribution in [-0.2, 0) is 0 Å². The van der Waals surface area contributed by atoms with E-state index >= 15 is 0 Å². The molecule has 1 aliphatic heterocycles. The Balaban J connectivity index is 1.48. The lowest BCUT2D eigenvalue weighted by molar-refractivity contribution is 0.0750. The van der Waals surface area contributed by atoms with E-state index in [4.69, 9.17) is 16.3 Å². The van der Waals surface area contributed by atoms with Crippen LogP contribution >= 0.6 is 22.9 Å². The summed E-state index contributed by atoms with van der Waals surface area (Å²) < 4.78 is 5.47. The number of benzene rings is 2. The summed E-state index contributed by atoms with van der Waals surface area (Å²) in [5.74, 6) is 0.907. The lowest BCUT2D eigenvalue weighted by Crippen LogP contribution is -2.48. The zero-order valence-electron chi connectivity index (χ0n) is 16.4. The largest absolute Gasteiger partial charge is 0.495 e. The fraction of sp³-hybridized carbons (Fsp3) is 0.273. The van der Waals surface area contributed by atoms with Gasteiger partial charge in [-0.25, -0.2) is 4.98 Å². The average Bonchev–Trinajstić information content (AvgIpc) is 3.15. The van der Waals surface area contributed by atoms with Crippen LogP contribution in [0.3, 0.4) is 0 Å². The summed E-state index contributed by atoms with van der Waals surface area (Å²) in [6.45, 7) is 4.76. The fourth-order valence-corrected chi connectivity index (χ4v) is 4.75. The van der Waals surface area contributed by atoms with Gasteiger partial charge in [0.25, 0.3) is 5.91 Å². The number of amides is 1. The summed E-state index contributed by atoms with van der Waals surface area (Å²) in [7, 11) is 1.68. The van der Waals surface area contributed by atoms with Gasteiger partial charge in [0.2, 0.25) is 0 Å². The highest BCUT2D eigenvalue weighted by Gasteiger charge is 2.26. The van der Waals surface area contributed by atoms with Crippen molar-refractivity contribution in [2.45, 2.75) is 6.92 Å². The number of methoxy groups -OCH3 is 1. The molecule has 0 spiro atoms. The highest BCUT2D eigenvalue weighted by molar-refractivity contribution is 7.17. The van der Waals surface area contributed by atoms with Gasteiger partial charge in [0.1, 0.15) is 15.6 Å². The molecule has 5 nitrogen and oxygen atoms in total. The molecule has 7 heteroatoms. The van der Waals surface area contributed by atoms with Crippen molar-refractivity contribution < 1.29 is 9.53 Å². The maximum absolute atomic E-state index is 13.1. The van der Waals surface area contributed by atoms with Crippen molar-refractivity contribution in [1.29, 1.82) is 0 Å². The molecule has 29 heavy (non-hydrogen) atoms. The quantitative estimate of drug-likeness (QED) is 0.603. The van der Waals surface area contributed by atoms with Crippen molar-refractivity contribution in [2.24, 2.45) is 0 Å². The van der Waals surface area contributed by atoms with Gasteiger partial charge in [-0.3, -0.25) is 4.79 Å². The zero-order chi connectivity index (χ0) is 20.4. The van der Waals surface area contributed by atoms with Gasteiger partial charge in [-0.1, -0.05) is 35.9 Å². The van der Waals surface area contributed by atoms with E-state index in [1.165, 1.54) is 11.3 Å². The Hall–Kier alpha value is -2.57. The lowest BCUT2D eigenvalue weighted by Gasteiger charge is -2.36. The molecule has 1 amide bonds. The third-order valence-corrected chi connectivity index (χ3v) is 6.48. The van der Waals surface area contributed by atoms with Crippen LogP contribution in [0.2, 0.25) is 5.02 Å². The molecule has 3 aromatic rings. The number of carbonyl (C=O) groups excluding carboxylic acids is 1. The number of anilines is 1. The monoisotopic (exact) mass is 427 g/mol. The van der Waals surface area contributed by atoms with Crippen LogP contribution in [-0.4, -0.2) is 49.1 Å². The lowest BCUT2D eigenvalue weighted by atomic mass is 10.2. The first-order valence-electron chi connectivity index (χ1n) is 9.47. The third-order valence-electron chi connectivity index (χ3n) is 5.06. The summed E-state index contributed by atoms with van der Waals surface area (Å²) in [6, 6.07) is 15.6. The van der Waals surface area contributed by atoms with Crippen molar-refractivity contribution >= 4 is 34.5 Å². The van der Waals surface area contributed by atoms with Crippen molar-refractivity contribution in [3.05, 3.63) is 64.1 Å². The zero-order valence-corrected chi connectivity index (χ0v) is 18.0. The normalized spacial score (nSPS) is 14.2. The second kappa shape index (κ2) is 8.43. The van der Waals surface area contributed by atoms with E-state index in [1.807, 2.05) is 54.3 Å². The highest BCUT2D eigenvalue weighted by atomic mass is 35.5. The third kappa shape index (κ3) is 4.09. The molecule has 0 atom stereocenters. The van der Waals surface area contributed by atoms with Gasteiger partial charge in [0.15, 0.2) is 0 Å². The van der Waals surface area contributed by atoms with Crippen molar-refractivity contribution in [3.8, 4) is 16.3 Å². The average molecular weight is 428 g/mol. The van der Waals surface area contributed by atoms with Crippen LogP contribution in [0, 0.1) is 6.92 Å². The molecule has 1 saturated heterocycles. The van der Waals surface area contributed by atoms with E-state index in [0.717, 1.165) is 40.8 Å². The van der Waals surface area contributed by atoms with Crippen LogP contribution < -0.4 is 9.64 Å². The number of ether oxygens (including phenoxy) is 1. The smallest absolute Gasteiger partial charge is 0.265 e. The van der Waals surface area contributed by atoms with Gasteiger partial charge in [0, 0.05) is 36.8 Å².